The average molecular weight is 220 g/mol. The maximum Gasteiger partial charge on any atom is 0.303 e. The van der Waals surface area contributed by atoms with E-state index in [1.54, 1.807) is 0 Å². The molecule has 3 nitrogen and oxygen atoms in total. The van der Waals surface area contributed by atoms with Crippen LogP contribution in [0, 0.1) is 0 Å². The Labute approximate surface area is 95.0 Å². The van der Waals surface area contributed by atoms with Gasteiger partial charge < -0.3 is 9.84 Å². The molecule has 2 rings (SSSR count). The predicted molar refractivity (Wildman–Crippen MR) is 60.8 cm³/mol. The van der Waals surface area contributed by atoms with Crippen LogP contribution in [0.15, 0.2) is 24.3 Å². The Morgan fingerprint density at radius 3 is 2.94 bits per heavy atom. The van der Waals surface area contributed by atoms with Crippen LogP contribution in [-0.2, 0) is 4.79 Å². The molecule has 0 radical (unpaired) electrons. The summed E-state index contributed by atoms with van der Waals surface area (Å²) in [4.78, 5) is 10.6. The summed E-state index contributed by atoms with van der Waals surface area (Å²) in [5.41, 5.74) is 1.03. The van der Waals surface area contributed by atoms with E-state index in [1.165, 1.54) is 0 Å². The Morgan fingerprint density at radius 1 is 1.56 bits per heavy atom. The molecule has 0 aromatic heterocycles. The molecule has 1 saturated carbocycles. The molecule has 0 amide bonds. The van der Waals surface area contributed by atoms with Crippen LogP contribution in [0.25, 0.3) is 0 Å². The zero-order valence-corrected chi connectivity index (χ0v) is 9.35. The maximum atomic E-state index is 10.6. The number of aliphatic carboxylic acids is 1. The first-order valence-electron chi connectivity index (χ1n) is 5.63. The molecule has 1 aliphatic rings. The summed E-state index contributed by atoms with van der Waals surface area (Å²) in [6, 6.07) is 7.75. The Kier molecular flexibility index (Phi) is 3.13. The molecule has 1 aromatic carbocycles. The number of hydrogen-bond acceptors (Lipinski definition) is 2. The Hall–Kier alpha value is -1.51. The fraction of sp³-hybridized carbons (Fsp3) is 0.462. The second kappa shape index (κ2) is 4.56. The Balaban J connectivity index is 2.04. The van der Waals surface area contributed by atoms with Gasteiger partial charge in [0.15, 0.2) is 0 Å². The number of carbonyl (C=O) groups is 1. The first kappa shape index (κ1) is 11.0. The fourth-order valence-corrected chi connectivity index (χ4v) is 1.65. The van der Waals surface area contributed by atoms with Crippen molar-refractivity contribution in [2.24, 2.45) is 0 Å². The predicted octanol–water partition coefficient (Wildman–Crippen LogP) is 2.81. The molecule has 1 N–H and O–H groups in total. The van der Waals surface area contributed by atoms with Crippen LogP contribution in [0.3, 0.4) is 0 Å². The van der Waals surface area contributed by atoms with Gasteiger partial charge in [-0.05, 0) is 36.5 Å². The minimum atomic E-state index is -0.763. The maximum absolute atomic E-state index is 10.6. The van der Waals surface area contributed by atoms with Gasteiger partial charge in [0.25, 0.3) is 0 Å². The number of rotatable bonds is 5. The van der Waals surface area contributed by atoms with Crippen molar-refractivity contribution in [3.05, 3.63) is 29.8 Å². The van der Waals surface area contributed by atoms with Crippen molar-refractivity contribution in [2.75, 3.05) is 0 Å². The lowest BCUT2D eigenvalue weighted by atomic mass is 9.98. The lowest BCUT2D eigenvalue weighted by Gasteiger charge is -2.11. The molecule has 16 heavy (non-hydrogen) atoms. The van der Waals surface area contributed by atoms with Crippen molar-refractivity contribution < 1.29 is 14.6 Å². The van der Waals surface area contributed by atoms with E-state index in [0.29, 0.717) is 6.10 Å². The summed E-state index contributed by atoms with van der Waals surface area (Å²) in [7, 11) is 0. The lowest BCUT2D eigenvalue weighted by molar-refractivity contribution is -0.137. The van der Waals surface area contributed by atoms with Gasteiger partial charge in [0.2, 0.25) is 0 Å². The normalized spacial score (nSPS) is 16.8. The highest BCUT2D eigenvalue weighted by Gasteiger charge is 2.23. The summed E-state index contributed by atoms with van der Waals surface area (Å²) in [6.07, 6.45) is 2.81. The number of carboxylic acids is 1. The molecular weight excluding hydrogens is 204 g/mol. The SMILES string of the molecule is CC(CC(=O)O)c1cccc(OC2CC2)c1. The molecule has 86 valence electrons. The molecule has 0 heterocycles. The highest BCUT2D eigenvalue weighted by atomic mass is 16.5. The summed E-state index contributed by atoms with van der Waals surface area (Å²) in [6.45, 7) is 1.92. The van der Waals surface area contributed by atoms with Crippen LogP contribution in [0.2, 0.25) is 0 Å². The third kappa shape index (κ3) is 2.99. The standard InChI is InChI=1S/C13H16O3/c1-9(7-13(14)15)10-3-2-4-12(8-10)16-11-5-6-11/h2-4,8-9,11H,5-7H2,1H3,(H,14,15). The van der Waals surface area contributed by atoms with Crippen LogP contribution in [0.5, 0.6) is 5.75 Å². The highest BCUT2D eigenvalue weighted by molar-refractivity contribution is 5.68. The van der Waals surface area contributed by atoms with Gasteiger partial charge in [-0.2, -0.15) is 0 Å². The van der Waals surface area contributed by atoms with Crippen molar-refractivity contribution in [2.45, 2.75) is 38.2 Å². The largest absolute Gasteiger partial charge is 0.490 e. The zero-order chi connectivity index (χ0) is 11.5. The number of carboxylic acid groups (broad SMARTS) is 1. The van der Waals surface area contributed by atoms with E-state index in [1.807, 2.05) is 31.2 Å². The van der Waals surface area contributed by atoms with Crippen LogP contribution in [0.1, 0.15) is 37.7 Å². The minimum absolute atomic E-state index is 0.0280. The van der Waals surface area contributed by atoms with Crippen molar-refractivity contribution in [3.63, 3.8) is 0 Å². The van der Waals surface area contributed by atoms with E-state index in [4.69, 9.17) is 9.84 Å². The van der Waals surface area contributed by atoms with Gasteiger partial charge in [0.1, 0.15) is 5.75 Å². The number of benzene rings is 1. The highest BCUT2D eigenvalue weighted by Crippen LogP contribution is 2.29. The van der Waals surface area contributed by atoms with E-state index in [2.05, 4.69) is 0 Å². The van der Waals surface area contributed by atoms with E-state index in [-0.39, 0.29) is 12.3 Å². The molecule has 1 atom stereocenters. The van der Waals surface area contributed by atoms with Gasteiger partial charge in [-0.3, -0.25) is 4.79 Å². The monoisotopic (exact) mass is 220 g/mol. The molecule has 0 spiro atoms. The van der Waals surface area contributed by atoms with Crippen molar-refractivity contribution in [3.8, 4) is 5.75 Å². The summed E-state index contributed by atoms with van der Waals surface area (Å²) < 4.78 is 5.67. The van der Waals surface area contributed by atoms with Gasteiger partial charge in [0, 0.05) is 0 Å². The van der Waals surface area contributed by atoms with Gasteiger partial charge >= 0.3 is 5.97 Å². The summed E-state index contributed by atoms with van der Waals surface area (Å²) in [5.74, 6) is 0.124. The number of ether oxygens (including phenoxy) is 1. The number of hydrogen-bond donors (Lipinski definition) is 1. The first-order chi connectivity index (χ1) is 7.65. The van der Waals surface area contributed by atoms with Crippen LogP contribution < -0.4 is 4.74 Å². The molecule has 0 aliphatic heterocycles. The van der Waals surface area contributed by atoms with E-state index in [9.17, 15) is 4.79 Å². The summed E-state index contributed by atoms with van der Waals surface area (Å²) >= 11 is 0. The van der Waals surface area contributed by atoms with E-state index >= 15 is 0 Å². The summed E-state index contributed by atoms with van der Waals surface area (Å²) in [5, 5.41) is 8.74. The second-order valence-electron chi connectivity index (χ2n) is 4.39. The average Bonchev–Trinajstić information content (AvgIpc) is 3.01. The molecule has 3 heteroatoms. The van der Waals surface area contributed by atoms with Gasteiger partial charge in [0.05, 0.1) is 12.5 Å². The molecule has 1 unspecified atom stereocenters. The minimum Gasteiger partial charge on any atom is -0.490 e. The van der Waals surface area contributed by atoms with Crippen LogP contribution >= 0.6 is 0 Å². The van der Waals surface area contributed by atoms with Crippen molar-refractivity contribution >= 4 is 5.97 Å². The van der Waals surface area contributed by atoms with Gasteiger partial charge in [-0.1, -0.05) is 19.1 Å². The third-order valence-electron chi connectivity index (χ3n) is 2.74. The first-order valence-corrected chi connectivity index (χ1v) is 5.63. The fourth-order valence-electron chi connectivity index (χ4n) is 1.65. The molecule has 1 fully saturated rings. The quantitative estimate of drug-likeness (QED) is 0.830. The molecule has 1 aromatic rings. The van der Waals surface area contributed by atoms with Gasteiger partial charge in [-0.25, -0.2) is 0 Å². The topological polar surface area (TPSA) is 46.5 Å². The lowest BCUT2D eigenvalue weighted by Crippen LogP contribution is -2.03. The smallest absolute Gasteiger partial charge is 0.303 e. The van der Waals surface area contributed by atoms with E-state index in [0.717, 1.165) is 24.2 Å². The van der Waals surface area contributed by atoms with Crippen molar-refractivity contribution in [1.29, 1.82) is 0 Å². The van der Waals surface area contributed by atoms with Crippen LogP contribution in [0.4, 0.5) is 0 Å². The molecule has 0 bridgehead atoms. The molecule has 0 saturated heterocycles. The van der Waals surface area contributed by atoms with Gasteiger partial charge in [-0.15, -0.1) is 0 Å². The Bertz CT molecular complexity index is 383. The third-order valence-corrected chi connectivity index (χ3v) is 2.74. The van der Waals surface area contributed by atoms with Crippen LogP contribution in [-0.4, -0.2) is 17.2 Å². The Morgan fingerprint density at radius 2 is 2.31 bits per heavy atom. The van der Waals surface area contributed by atoms with E-state index < -0.39 is 5.97 Å². The zero-order valence-electron chi connectivity index (χ0n) is 9.35. The van der Waals surface area contributed by atoms with Crippen molar-refractivity contribution in [1.82, 2.24) is 0 Å². The molecular formula is C13H16O3. The second-order valence-corrected chi connectivity index (χ2v) is 4.39. The molecule has 1 aliphatic carbocycles.